The molecule has 3 N–H and O–H groups in total. The number of hydrogen-bond acceptors (Lipinski definition) is 6. The number of nitrogens with one attached hydrogen (secondary N) is 2. The largest absolute Gasteiger partial charge is 0.478 e. The third-order valence-electron chi connectivity index (χ3n) is 4.29. The minimum atomic E-state index is -0.999. The fourth-order valence-electron chi connectivity index (χ4n) is 2.75. The van der Waals surface area contributed by atoms with Gasteiger partial charge in [-0.05, 0) is 49.8 Å². The Labute approximate surface area is 167 Å². The molecule has 0 fully saturated rings. The normalized spacial score (nSPS) is 11.9. The first kappa shape index (κ1) is 18.6. The molecule has 0 saturated carbocycles. The predicted octanol–water partition coefficient (Wildman–Crippen LogP) is 1.52. The molecule has 9 heteroatoms. The lowest BCUT2D eigenvalue weighted by atomic mass is 10.1. The SMILES string of the molecule is CC(C)=c1[nH]n2c(=N)c(=Cc3ccc(-c4ccc(C(=O)O)cc4)o3)c(=O)nc-2s1. The van der Waals surface area contributed by atoms with E-state index in [4.69, 9.17) is 14.9 Å². The van der Waals surface area contributed by atoms with Crippen LogP contribution in [-0.2, 0) is 0 Å². The maximum Gasteiger partial charge on any atom is 0.335 e. The van der Waals surface area contributed by atoms with Crippen LogP contribution in [0.3, 0.4) is 0 Å². The van der Waals surface area contributed by atoms with Crippen LogP contribution < -0.4 is 20.9 Å². The Morgan fingerprint density at radius 3 is 2.62 bits per heavy atom. The first-order valence-corrected chi connectivity index (χ1v) is 9.44. The fourth-order valence-corrected chi connectivity index (χ4v) is 3.63. The molecule has 0 spiro atoms. The van der Waals surface area contributed by atoms with Crippen LogP contribution >= 0.6 is 11.3 Å². The summed E-state index contributed by atoms with van der Waals surface area (Å²) in [7, 11) is 0. The predicted molar refractivity (Wildman–Crippen MR) is 108 cm³/mol. The van der Waals surface area contributed by atoms with E-state index in [9.17, 15) is 9.59 Å². The molecule has 0 atom stereocenters. The third kappa shape index (κ3) is 3.43. The van der Waals surface area contributed by atoms with Gasteiger partial charge in [0.1, 0.15) is 16.2 Å². The number of nitrogens with zero attached hydrogens (tertiary/aromatic N) is 2. The second kappa shape index (κ2) is 7.02. The summed E-state index contributed by atoms with van der Waals surface area (Å²) in [5, 5.41) is 21.0. The lowest BCUT2D eigenvalue weighted by molar-refractivity contribution is 0.0697. The molecule has 8 nitrogen and oxygen atoms in total. The number of aromatic carboxylic acids is 1. The van der Waals surface area contributed by atoms with Crippen LogP contribution in [0.5, 0.6) is 0 Å². The van der Waals surface area contributed by atoms with Gasteiger partial charge in [0, 0.05) is 5.56 Å². The molecule has 4 rings (SSSR count). The molecule has 1 aromatic heterocycles. The molecule has 0 radical (unpaired) electrons. The number of fused-ring (bicyclic) bond motifs is 1. The Bertz CT molecular complexity index is 1430. The Kier molecular flexibility index (Phi) is 4.51. The Morgan fingerprint density at radius 1 is 1.24 bits per heavy atom. The van der Waals surface area contributed by atoms with Gasteiger partial charge < -0.3 is 9.52 Å². The van der Waals surface area contributed by atoms with E-state index in [0.29, 0.717) is 22.2 Å². The van der Waals surface area contributed by atoms with E-state index in [-0.39, 0.29) is 16.3 Å². The number of furan rings is 1. The summed E-state index contributed by atoms with van der Waals surface area (Å²) in [6.45, 7) is 3.87. The summed E-state index contributed by atoms with van der Waals surface area (Å²) < 4.78 is 8.07. The topological polar surface area (TPSA) is 125 Å². The molecule has 0 unspecified atom stereocenters. The molecule has 29 heavy (non-hydrogen) atoms. The van der Waals surface area contributed by atoms with Crippen LogP contribution in [0, 0.1) is 5.41 Å². The molecule has 2 aromatic rings. The number of H-pyrrole nitrogens is 1. The minimum absolute atomic E-state index is 0.00693. The summed E-state index contributed by atoms with van der Waals surface area (Å²) in [4.78, 5) is 27.5. The lowest BCUT2D eigenvalue weighted by Crippen LogP contribution is -2.47. The van der Waals surface area contributed by atoms with Gasteiger partial charge >= 0.3 is 5.97 Å². The van der Waals surface area contributed by atoms with Gasteiger partial charge in [-0.1, -0.05) is 23.5 Å². The van der Waals surface area contributed by atoms with Gasteiger partial charge in [-0.15, -0.1) is 0 Å². The average molecular weight is 408 g/mol. The number of aromatic nitrogens is 3. The van der Waals surface area contributed by atoms with Crippen molar-refractivity contribution >= 4 is 29.0 Å². The molecule has 2 aliphatic rings. The quantitative estimate of drug-likeness (QED) is 0.474. The van der Waals surface area contributed by atoms with Crippen LogP contribution in [-0.4, -0.2) is 25.8 Å². The zero-order chi connectivity index (χ0) is 20.7. The van der Waals surface area contributed by atoms with Gasteiger partial charge in [0.25, 0.3) is 5.56 Å². The molecular formula is C20H16N4O4S. The fraction of sp³-hybridized carbons (Fsp3) is 0.100. The van der Waals surface area contributed by atoms with Crippen molar-refractivity contribution in [1.29, 1.82) is 5.41 Å². The van der Waals surface area contributed by atoms with Crippen molar-refractivity contribution in [3.05, 3.63) is 73.4 Å². The number of carboxylic acids is 1. The number of aromatic amines is 1. The number of benzene rings is 1. The number of rotatable bonds is 3. The van der Waals surface area contributed by atoms with Crippen molar-refractivity contribution in [2.24, 2.45) is 0 Å². The second-order valence-electron chi connectivity index (χ2n) is 6.57. The molecule has 3 heterocycles. The van der Waals surface area contributed by atoms with E-state index in [1.54, 1.807) is 24.3 Å². The molecule has 0 aliphatic carbocycles. The average Bonchev–Trinajstić information content (AvgIpc) is 3.32. The summed E-state index contributed by atoms with van der Waals surface area (Å²) >= 11 is 1.31. The van der Waals surface area contributed by atoms with Gasteiger partial charge in [-0.2, -0.15) is 4.98 Å². The van der Waals surface area contributed by atoms with Crippen molar-refractivity contribution in [3.63, 3.8) is 0 Å². The van der Waals surface area contributed by atoms with Crippen molar-refractivity contribution in [3.8, 4) is 16.5 Å². The van der Waals surface area contributed by atoms with E-state index in [2.05, 4.69) is 10.1 Å². The number of carbonyl (C=O) groups is 1. The van der Waals surface area contributed by atoms with Gasteiger partial charge in [-0.3, -0.25) is 15.3 Å². The maximum absolute atomic E-state index is 12.4. The monoisotopic (exact) mass is 408 g/mol. The molecule has 146 valence electrons. The number of hydrogen-bond donors (Lipinski definition) is 3. The van der Waals surface area contributed by atoms with Crippen molar-refractivity contribution in [2.75, 3.05) is 0 Å². The highest BCUT2D eigenvalue weighted by Gasteiger charge is 2.12. The third-order valence-corrected chi connectivity index (χ3v) is 5.45. The van der Waals surface area contributed by atoms with Crippen molar-refractivity contribution in [2.45, 2.75) is 13.8 Å². The van der Waals surface area contributed by atoms with Crippen molar-refractivity contribution < 1.29 is 14.3 Å². The van der Waals surface area contributed by atoms with Crippen LogP contribution in [0.15, 0.2) is 45.6 Å². The van der Waals surface area contributed by atoms with Crippen LogP contribution in [0.1, 0.15) is 30.0 Å². The molecule has 0 bridgehead atoms. The van der Waals surface area contributed by atoms with Gasteiger partial charge in [0.15, 0.2) is 5.49 Å². The summed E-state index contributed by atoms with van der Waals surface area (Å²) in [6.07, 6.45) is 1.48. The van der Waals surface area contributed by atoms with Crippen LogP contribution in [0.4, 0.5) is 0 Å². The van der Waals surface area contributed by atoms with Crippen molar-refractivity contribution in [1.82, 2.24) is 14.8 Å². The Morgan fingerprint density at radius 2 is 1.97 bits per heavy atom. The molecular weight excluding hydrogens is 392 g/mol. The van der Waals surface area contributed by atoms with E-state index >= 15 is 0 Å². The van der Waals surface area contributed by atoms with Gasteiger partial charge in [0.2, 0.25) is 5.13 Å². The van der Waals surface area contributed by atoms with Crippen LogP contribution in [0.2, 0.25) is 0 Å². The summed E-state index contributed by atoms with van der Waals surface area (Å²) in [5.41, 5.74) is 1.41. The molecule has 0 amide bonds. The molecule has 1 aromatic carbocycles. The minimum Gasteiger partial charge on any atom is -0.478 e. The summed E-state index contributed by atoms with van der Waals surface area (Å²) in [5.74, 6) is -0.0848. The highest BCUT2D eigenvalue weighted by atomic mass is 32.1. The Balaban J connectivity index is 1.80. The van der Waals surface area contributed by atoms with Gasteiger partial charge in [-0.25, -0.2) is 9.48 Å². The highest BCUT2D eigenvalue weighted by Crippen LogP contribution is 2.22. The number of carboxylic acid groups (broad SMARTS) is 1. The first-order chi connectivity index (χ1) is 13.8. The highest BCUT2D eigenvalue weighted by molar-refractivity contribution is 7.11. The van der Waals surface area contributed by atoms with E-state index in [0.717, 1.165) is 10.2 Å². The zero-order valence-electron chi connectivity index (χ0n) is 15.5. The second-order valence-corrected chi connectivity index (χ2v) is 7.55. The van der Waals surface area contributed by atoms with Gasteiger partial charge in [0.05, 0.1) is 10.8 Å². The van der Waals surface area contributed by atoms with E-state index in [1.165, 1.54) is 34.2 Å². The van der Waals surface area contributed by atoms with E-state index in [1.807, 2.05) is 13.8 Å². The Hall–Kier alpha value is -3.72. The molecule has 0 saturated heterocycles. The molecule has 2 aliphatic heterocycles. The van der Waals surface area contributed by atoms with E-state index < -0.39 is 11.5 Å². The first-order valence-electron chi connectivity index (χ1n) is 8.63. The standard InChI is InChI=1S/C20H16N4O4S/c1-10(2)18-23-24-16(21)14(17(25)22-20(24)29-18)9-13-7-8-15(28-13)11-3-5-12(6-4-11)19(26)27/h3-9,21,23H,1-2H3,(H,26,27). The zero-order valence-corrected chi connectivity index (χ0v) is 16.3. The lowest BCUT2D eigenvalue weighted by Gasteiger charge is -1.99. The summed E-state index contributed by atoms with van der Waals surface area (Å²) in [6, 6.07) is 9.69. The maximum atomic E-state index is 12.4. The smallest absolute Gasteiger partial charge is 0.335 e. The van der Waals surface area contributed by atoms with Crippen LogP contribution in [0.25, 0.3) is 28.1 Å².